The van der Waals surface area contributed by atoms with Crippen molar-refractivity contribution in [3.8, 4) is 5.69 Å². The van der Waals surface area contributed by atoms with E-state index in [1.165, 1.54) is 12.1 Å². The van der Waals surface area contributed by atoms with Gasteiger partial charge in [0, 0.05) is 5.69 Å². The smallest absolute Gasteiger partial charge is 0.256 e. The molecule has 1 N–H and O–H groups in total. The van der Waals surface area contributed by atoms with Crippen molar-refractivity contribution >= 4 is 22.6 Å². The van der Waals surface area contributed by atoms with Gasteiger partial charge in [0.25, 0.3) is 5.91 Å². The van der Waals surface area contributed by atoms with Gasteiger partial charge in [-0.3, -0.25) is 4.79 Å². The lowest BCUT2D eigenvalue weighted by molar-refractivity contribution is 0.102. The van der Waals surface area contributed by atoms with E-state index in [9.17, 15) is 9.18 Å². The molecule has 142 valence electrons. The number of hydrogen-bond acceptors (Lipinski definition) is 5. The van der Waals surface area contributed by atoms with Crippen LogP contribution in [0.15, 0.2) is 34.9 Å². The molecular formula is C20H18FN5O2. The van der Waals surface area contributed by atoms with Gasteiger partial charge in [-0.1, -0.05) is 5.16 Å². The molecule has 0 aliphatic heterocycles. The number of nitrogens with zero attached hydrogens (tertiary/aromatic N) is 4. The summed E-state index contributed by atoms with van der Waals surface area (Å²) in [6.45, 7) is 7.12. The Kier molecular flexibility index (Phi) is 4.18. The molecule has 0 saturated carbocycles. The minimum Gasteiger partial charge on any atom is -0.359 e. The largest absolute Gasteiger partial charge is 0.359 e. The number of fused-ring (bicyclic) bond motifs is 1. The average molecular weight is 379 g/mol. The van der Waals surface area contributed by atoms with E-state index in [0.717, 1.165) is 0 Å². The summed E-state index contributed by atoms with van der Waals surface area (Å²) in [5, 5.41) is 11.9. The van der Waals surface area contributed by atoms with Gasteiger partial charge >= 0.3 is 0 Å². The standard InChI is InChI=1S/C20H18FN5O2/c1-10-9-16(20(27)23-18-12(3)25-28-13(18)4)17-11(2)24-26(19(17)22-10)15-7-5-14(21)6-8-15/h5-9H,1-4H3,(H,23,27). The Morgan fingerprint density at radius 3 is 2.46 bits per heavy atom. The Morgan fingerprint density at radius 1 is 1.11 bits per heavy atom. The molecule has 0 aliphatic carbocycles. The second-order valence-electron chi connectivity index (χ2n) is 6.64. The van der Waals surface area contributed by atoms with Crippen molar-refractivity contribution in [2.75, 3.05) is 5.32 Å². The van der Waals surface area contributed by atoms with Gasteiger partial charge in [0.15, 0.2) is 11.4 Å². The van der Waals surface area contributed by atoms with E-state index in [1.807, 2.05) is 13.8 Å². The molecule has 3 aromatic heterocycles. The van der Waals surface area contributed by atoms with E-state index >= 15 is 0 Å². The van der Waals surface area contributed by atoms with Crippen molar-refractivity contribution in [1.82, 2.24) is 19.9 Å². The fraction of sp³-hybridized carbons (Fsp3) is 0.200. The van der Waals surface area contributed by atoms with E-state index < -0.39 is 0 Å². The predicted molar refractivity (Wildman–Crippen MR) is 102 cm³/mol. The van der Waals surface area contributed by atoms with Gasteiger partial charge in [0.1, 0.15) is 17.2 Å². The van der Waals surface area contributed by atoms with Crippen molar-refractivity contribution < 1.29 is 13.7 Å². The lowest BCUT2D eigenvalue weighted by Crippen LogP contribution is -2.14. The van der Waals surface area contributed by atoms with Gasteiger partial charge in [0.2, 0.25) is 0 Å². The normalized spacial score (nSPS) is 11.2. The van der Waals surface area contributed by atoms with Crippen molar-refractivity contribution in [1.29, 1.82) is 0 Å². The van der Waals surface area contributed by atoms with E-state index in [2.05, 4.69) is 20.6 Å². The first-order valence-electron chi connectivity index (χ1n) is 8.72. The monoisotopic (exact) mass is 379 g/mol. The first kappa shape index (κ1) is 17.8. The highest BCUT2D eigenvalue weighted by Crippen LogP contribution is 2.27. The van der Waals surface area contributed by atoms with Crippen molar-refractivity contribution in [2.24, 2.45) is 0 Å². The van der Waals surface area contributed by atoms with E-state index in [1.54, 1.807) is 36.7 Å². The highest BCUT2D eigenvalue weighted by molar-refractivity contribution is 6.13. The molecule has 0 spiro atoms. The molecule has 1 amide bonds. The van der Waals surface area contributed by atoms with Gasteiger partial charge in [-0.2, -0.15) is 5.10 Å². The third-order valence-corrected chi connectivity index (χ3v) is 4.53. The Hall–Kier alpha value is -3.55. The minimum atomic E-state index is -0.333. The van der Waals surface area contributed by atoms with E-state index in [-0.39, 0.29) is 11.7 Å². The number of carbonyl (C=O) groups is 1. The number of aryl methyl sites for hydroxylation is 4. The summed E-state index contributed by atoms with van der Waals surface area (Å²) in [5.41, 5.74) is 4.12. The van der Waals surface area contributed by atoms with Crippen LogP contribution in [0.2, 0.25) is 0 Å². The molecule has 28 heavy (non-hydrogen) atoms. The Morgan fingerprint density at radius 2 is 1.82 bits per heavy atom. The van der Waals surface area contributed by atoms with Crippen LogP contribution in [0.25, 0.3) is 16.7 Å². The molecule has 0 bridgehead atoms. The summed E-state index contributed by atoms with van der Waals surface area (Å²) in [6, 6.07) is 7.68. The number of anilines is 1. The Bertz CT molecular complexity index is 1190. The highest BCUT2D eigenvalue weighted by atomic mass is 19.1. The fourth-order valence-electron chi connectivity index (χ4n) is 3.20. The Balaban J connectivity index is 1.86. The maximum atomic E-state index is 13.3. The third kappa shape index (κ3) is 2.92. The Labute approximate surface area is 160 Å². The zero-order valence-corrected chi connectivity index (χ0v) is 15.9. The van der Waals surface area contributed by atoms with Gasteiger partial charge in [-0.15, -0.1) is 0 Å². The van der Waals surface area contributed by atoms with Crippen LogP contribution in [-0.2, 0) is 0 Å². The number of pyridine rings is 1. The van der Waals surface area contributed by atoms with Crippen molar-refractivity contribution in [3.63, 3.8) is 0 Å². The zero-order valence-electron chi connectivity index (χ0n) is 15.9. The summed E-state index contributed by atoms with van der Waals surface area (Å²) in [6.07, 6.45) is 0. The van der Waals surface area contributed by atoms with E-state index in [0.29, 0.717) is 50.8 Å². The van der Waals surface area contributed by atoms with Gasteiger partial charge < -0.3 is 9.84 Å². The maximum Gasteiger partial charge on any atom is 0.256 e. The summed E-state index contributed by atoms with van der Waals surface area (Å²) < 4.78 is 20.0. The molecule has 4 rings (SSSR count). The van der Waals surface area contributed by atoms with Crippen LogP contribution in [0.1, 0.15) is 33.2 Å². The second kappa shape index (κ2) is 6.56. The van der Waals surface area contributed by atoms with Crippen molar-refractivity contribution in [3.05, 3.63) is 64.6 Å². The maximum absolute atomic E-state index is 13.3. The summed E-state index contributed by atoms with van der Waals surface area (Å²) in [7, 11) is 0. The number of benzene rings is 1. The quantitative estimate of drug-likeness (QED) is 0.581. The number of carbonyl (C=O) groups excluding carboxylic acids is 1. The molecule has 0 fully saturated rings. The van der Waals surface area contributed by atoms with Crippen LogP contribution in [0.5, 0.6) is 0 Å². The van der Waals surface area contributed by atoms with Gasteiger partial charge in [-0.05, 0) is 58.0 Å². The van der Waals surface area contributed by atoms with Crippen LogP contribution in [0, 0.1) is 33.5 Å². The van der Waals surface area contributed by atoms with Crippen LogP contribution < -0.4 is 5.32 Å². The summed E-state index contributed by atoms with van der Waals surface area (Å²) in [4.78, 5) is 17.6. The molecule has 7 nitrogen and oxygen atoms in total. The minimum absolute atomic E-state index is 0.299. The van der Waals surface area contributed by atoms with Crippen molar-refractivity contribution in [2.45, 2.75) is 27.7 Å². The number of halogens is 1. The number of rotatable bonds is 3. The zero-order chi connectivity index (χ0) is 20.0. The molecule has 3 heterocycles. The molecule has 4 aromatic rings. The SMILES string of the molecule is Cc1cc(C(=O)Nc2c(C)noc2C)c2c(C)nn(-c3ccc(F)cc3)c2n1. The fourth-order valence-corrected chi connectivity index (χ4v) is 3.20. The average Bonchev–Trinajstić information content (AvgIpc) is 3.15. The lowest BCUT2D eigenvalue weighted by Gasteiger charge is -2.08. The van der Waals surface area contributed by atoms with Crippen LogP contribution in [0.4, 0.5) is 10.1 Å². The summed E-state index contributed by atoms with van der Waals surface area (Å²) in [5.74, 6) is -0.0983. The molecule has 0 atom stereocenters. The molecule has 0 saturated heterocycles. The third-order valence-electron chi connectivity index (χ3n) is 4.53. The molecular weight excluding hydrogens is 361 g/mol. The van der Waals surface area contributed by atoms with Gasteiger partial charge in [0.05, 0.1) is 22.3 Å². The number of nitrogens with one attached hydrogen (secondary N) is 1. The van der Waals surface area contributed by atoms with Crippen LogP contribution in [0.3, 0.4) is 0 Å². The van der Waals surface area contributed by atoms with Gasteiger partial charge in [-0.25, -0.2) is 14.1 Å². The second-order valence-corrected chi connectivity index (χ2v) is 6.64. The number of amides is 1. The molecule has 0 radical (unpaired) electrons. The molecule has 0 aliphatic rings. The van der Waals surface area contributed by atoms with Crippen LogP contribution >= 0.6 is 0 Å². The number of aromatic nitrogens is 4. The first-order valence-corrected chi connectivity index (χ1v) is 8.72. The van der Waals surface area contributed by atoms with E-state index in [4.69, 9.17) is 4.52 Å². The lowest BCUT2D eigenvalue weighted by atomic mass is 10.1. The van der Waals surface area contributed by atoms with Crippen LogP contribution in [-0.4, -0.2) is 25.8 Å². The number of hydrogen-bond donors (Lipinski definition) is 1. The topological polar surface area (TPSA) is 85.8 Å². The predicted octanol–water partition coefficient (Wildman–Crippen LogP) is 4.03. The summed E-state index contributed by atoms with van der Waals surface area (Å²) >= 11 is 0. The highest BCUT2D eigenvalue weighted by Gasteiger charge is 2.21. The molecule has 0 unspecified atom stereocenters. The molecule has 1 aromatic carbocycles. The molecule has 8 heteroatoms. The first-order chi connectivity index (χ1) is 13.3.